The van der Waals surface area contributed by atoms with E-state index in [1.165, 1.54) is 0 Å². The molecule has 0 unspecified atom stereocenters. The van der Waals surface area contributed by atoms with Crippen molar-refractivity contribution in [2.24, 2.45) is 0 Å². The Kier molecular flexibility index (Phi) is 4.78. The first-order valence-corrected chi connectivity index (χ1v) is 5.64. The molecule has 0 aliphatic rings. The fraction of sp³-hybridized carbons (Fsp3) is 0.462. The summed E-state index contributed by atoms with van der Waals surface area (Å²) < 4.78 is 30.7. The second-order valence-electron chi connectivity index (χ2n) is 4.68. The van der Waals surface area contributed by atoms with E-state index in [-0.39, 0.29) is 12.2 Å². The van der Waals surface area contributed by atoms with Gasteiger partial charge in [0.25, 0.3) is 0 Å². The monoisotopic (exact) mass is 258 g/mol. The van der Waals surface area contributed by atoms with E-state index in [0.29, 0.717) is 18.9 Å². The van der Waals surface area contributed by atoms with Gasteiger partial charge in [-0.25, -0.2) is 13.6 Å². The maximum atomic E-state index is 13.2. The summed E-state index contributed by atoms with van der Waals surface area (Å²) >= 11 is 0. The lowest BCUT2D eigenvalue weighted by Gasteiger charge is -2.16. The van der Waals surface area contributed by atoms with Crippen molar-refractivity contribution >= 4 is 5.97 Å². The average Bonchev–Trinajstić information content (AvgIpc) is 2.22. The molecule has 0 saturated heterocycles. The van der Waals surface area contributed by atoms with Crippen LogP contribution in [-0.4, -0.2) is 23.3 Å². The minimum atomic E-state index is -0.942. The smallest absolute Gasteiger partial charge is 0.341 e. The largest absolute Gasteiger partial charge is 0.462 e. The van der Waals surface area contributed by atoms with Crippen molar-refractivity contribution in [2.45, 2.75) is 32.3 Å². The highest BCUT2D eigenvalue weighted by atomic mass is 19.1. The van der Waals surface area contributed by atoms with Crippen molar-refractivity contribution < 1.29 is 23.4 Å². The van der Waals surface area contributed by atoms with Crippen LogP contribution in [0, 0.1) is 11.6 Å². The Morgan fingerprint density at radius 3 is 2.61 bits per heavy atom. The number of esters is 1. The molecule has 0 amide bonds. The number of aliphatic hydroxyl groups is 1. The predicted octanol–water partition coefficient (Wildman–Crippen LogP) is 2.67. The quantitative estimate of drug-likeness (QED) is 0.652. The Morgan fingerprint density at radius 2 is 2.06 bits per heavy atom. The molecule has 0 heterocycles. The zero-order chi connectivity index (χ0) is 13.8. The number of ether oxygens (including phenoxy) is 1. The highest BCUT2D eigenvalue weighted by Crippen LogP contribution is 2.13. The molecule has 1 N–H and O–H groups in total. The maximum absolute atomic E-state index is 13.2. The maximum Gasteiger partial charge on any atom is 0.341 e. The summed E-state index contributed by atoms with van der Waals surface area (Å²) in [5.74, 6) is -2.52. The van der Waals surface area contributed by atoms with E-state index in [1.807, 2.05) is 0 Å². The summed E-state index contributed by atoms with van der Waals surface area (Å²) in [6, 6.07) is 2.67. The Bertz CT molecular complexity index is 425. The van der Waals surface area contributed by atoms with Crippen molar-refractivity contribution in [3.05, 3.63) is 35.4 Å². The number of rotatable bonds is 5. The summed E-state index contributed by atoms with van der Waals surface area (Å²) in [6.07, 6.45) is 0.935. The lowest BCUT2D eigenvalue weighted by Crippen LogP contribution is -2.19. The Labute approximate surface area is 104 Å². The van der Waals surface area contributed by atoms with Crippen molar-refractivity contribution in [2.75, 3.05) is 6.61 Å². The third kappa shape index (κ3) is 4.79. The zero-order valence-electron chi connectivity index (χ0n) is 10.4. The Balaban J connectivity index is 2.46. The molecule has 1 aromatic rings. The van der Waals surface area contributed by atoms with Crippen molar-refractivity contribution in [3.63, 3.8) is 0 Å². The van der Waals surface area contributed by atoms with Gasteiger partial charge in [-0.05, 0) is 38.8 Å². The molecule has 0 spiro atoms. The fourth-order valence-corrected chi connectivity index (χ4v) is 1.40. The molecule has 18 heavy (non-hydrogen) atoms. The van der Waals surface area contributed by atoms with Gasteiger partial charge in [0.1, 0.15) is 11.6 Å². The van der Waals surface area contributed by atoms with Crippen LogP contribution < -0.4 is 0 Å². The lowest BCUT2D eigenvalue weighted by molar-refractivity contribution is 0.0382. The number of benzene rings is 1. The van der Waals surface area contributed by atoms with Crippen LogP contribution >= 0.6 is 0 Å². The molecule has 5 heteroatoms. The number of hydrogen-bond donors (Lipinski definition) is 1. The summed E-state index contributed by atoms with van der Waals surface area (Å²) in [5.41, 5.74) is -1.12. The van der Waals surface area contributed by atoms with Gasteiger partial charge in [0.15, 0.2) is 0 Å². The molecule has 1 aromatic carbocycles. The summed E-state index contributed by atoms with van der Waals surface area (Å²) in [6.45, 7) is 3.38. The number of carbonyl (C=O) groups excluding carboxylic acids is 1. The second-order valence-corrected chi connectivity index (χ2v) is 4.68. The summed E-state index contributed by atoms with van der Waals surface area (Å²) in [4.78, 5) is 11.5. The molecular formula is C13H16F2O3. The minimum Gasteiger partial charge on any atom is -0.462 e. The van der Waals surface area contributed by atoms with Crippen LogP contribution in [0.1, 0.15) is 37.0 Å². The van der Waals surface area contributed by atoms with Crippen LogP contribution in [0.25, 0.3) is 0 Å². The topological polar surface area (TPSA) is 46.5 Å². The van der Waals surface area contributed by atoms with Crippen LogP contribution in [0.3, 0.4) is 0 Å². The first-order chi connectivity index (χ1) is 8.29. The van der Waals surface area contributed by atoms with Gasteiger partial charge < -0.3 is 9.84 Å². The van der Waals surface area contributed by atoms with Crippen molar-refractivity contribution in [1.29, 1.82) is 0 Å². The fourth-order valence-electron chi connectivity index (χ4n) is 1.40. The third-order valence-corrected chi connectivity index (χ3v) is 2.32. The van der Waals surface area contributed by atoms with Gasteiger partial charge in [0, 0.05) is 6.07 Å². The number of halogens is 2. The van der Waals surface area contributed by atoms with E-state index in [1.54, 1.807) is 13.8 Å². The molecule has 3 nitrogen and oxygen atoms in total. The van der Waals surface area contributed by atoms with Gasteiger partial charge in [-0.2, -0.15) is 0 Å². The first-order valence-electron chi connectivity index (χ1n) is 5.64. The molecular weight excluding hydrogens is 242 g/mol. The van der Waals surface area contributed by atoms with Crippen LogP contribution in [0.15, 0.2) is 18.2 Å². The van der Waals surface area contributed by atoms with Crippen LogP contribution in [0.2, 0.25) is 0 Å². The van der Waals surface area contributed by atoms with Crippen molar-refractivity contribution in [1.82, 2.24) is 0 Å². The first kappa shape index (κ1) is 14.6. The number of carbonyl (C=O) groups is 1. The SMILES string of the molecule is CC(C)(O)CCCOC(=O)c1ccc(F)cc1F. The zero-order valence-corrected chi connectivity index (χ0v) is 10.4. The van der Waals surface area contributed by atoms with Gasteiger partial charge in [-0.15, -0.1) is 0 Å². The molecule has 100 valence electrons. The third-order valence-electron chi connectivity index (χ3n) is 2.32. The molecule has 1 rings (SSSR count). The normalized spacial score (nSPS) is 11.4. The molecule has 0 aliphatic carbocycles. The molecule has 0 saturated carbocycles. The van der Waals surface area contributed by atoms with Gasteiger partial charge >= 0.3 is 5.97 Å². The van der Waals surface area contributed by atoms with E-state index in [9.17, 15) is 18.7 Å². The molecule has 0 fully saturated rings. The van der Waals surface area contributed by atoms with Crippen molar-refractivity contribution in [3.8, 4) is 0 Å². The van der Waals surface area contributed by atoms with E-state index in [2.05, 4.69) is 0 Å². The number of hydrogen-bond acceptors (Lipinski definition) is 3. The Morgan fingerprint density at radius 1 is 1.39 bits per heavy atom. The molecule has 0 aliphatic heterocycles. The summed E-state index contributed by atoms with van der Waals surface area (Å²) in [5, 5.41) is 9.43. The van der Waals surface area contributed by atoms with Gasteiger partial charge in [0.2, 0.25) is 0 Å². The standard InChI is InChI=1S/C13H16F2O3/c1-13(2,17)6-3-7-18-12(16)10-5-4-9(14)8-11(10)15/h4-5,8,17H,3,6-7H2,1-2H3. The van der Waals surface area contributed by atoms with E-state index < -0.39 is 23.2 Å². The summed E-state index contributed by atoms with van der Waals surface area (Å²) in [7, 11) is 0. The highest BCUT2D eigenvalue weighted by molar-refractivity contribution is 5.89. The van der Waals surface area contributed by atoms with Crippen LogP contribution in [0.5, 0.6) is 0 Å². The van der Waals surface area contributed by atoms with Gasteiger partial charge in [-0.1, -0.05) is 0 Å². The molecule has 0 atom stereocenters. The van der Waals surface area contributed by atoms with Crippen LogP contribution in [0.4, 0.5) is 8.78 Å². The average molecular weight is 258 g/mol. The minimum absolute atomic E-state index is 0.0830. The molecule has 0 bridgehead atoms. The second kappa shape index (κ2) is 5.91. The van der Waals surface area contributed by atoms with Crippen LogP contribution in [-0.2, 0) is 4.74 Å². The van der Waals surface area contributed by atoms with E-state index in [0.717, 1.165) is 12.1 Å². The highest BCUT2D eigenvalue weighted by Gasteiger charge is 2.15. The lowest BCUT2D eigenvalue weighted by atomic mass is 10.0. The van der Waals surface area contributed by atoms with E-state index >= 15 is 0 Å². The van der Waals surface area contributed by atoms with Gasteiger partial charge in [-0.3, -0.25) is 0 Å². The van der Waals surface area contributed by atoms with Gasteiger partial charge in [0.05, 0.1) is 17.8 Å². The molecule has 0 radical (unpaired) electrons. The predicted molar refractivity (Wildman–Crippen MR) is 62.2 cm³/mol. The Hall–Kier alpha value is -1.49. The van der Waals surface area contributed by atoms with E-state index in [4.69, 9.17) is 4.74 Å². The molecule has 0 aromatic heterocycles.